The molecule has 0 fully saturated rings. The van der Waals surface area contributed by atoms with E-state index >= 15 is 0 Å². The van der Waals surface area contributed by atoms with Crippen molar-refractivity contribution in [3.63, 3.8) is 0 Å². The van der Waals surface area contributed by atoms with Crippen molar-refractivity contribution in [3.05, 3.63) is 29.9 Å². The second-order valence-electron chi connectivity index (χ2n) is 5.18. The second-order valence-corrected chi connectivity index (χ2v) is 5.18. The molecule has 20 heavy (non-hydrogen) atoms. The van der Waals surface area contributed by atoms with Gasteiger partial charge in [-0.1, -0.05) is 19.0 Å². The molecule has 2 aromatic rings. The van der Waals surface area contributed by atoms with Gasteiger partial charge in [0.15, 0.2) is 0 Å². The van der Waals surface area contributed by atoms with Gasteiger partial charge in [-0.2, -0.15) is 4.98 Å². The average Bonchev–Trinajstić information content (AvgIpc) is 2.94. The van der Waals surface area contributed by atoms with Crippen LogP contribution in [0.3, 0.4) is 0 Å². The molecule has 0 aliphatic heterocycles. The van der Waals surface area contributed by atoms with E-state index in [4.69, 9.17) is 4.52 Å². The van der Waals surface area contributed by atoms with E-state index in [9.17, 15) is 0 Å². The Morgan fingerprint density at radius 2 is 2.15 bits per heavy atom. The van der Waals surface area contributed by atoms with Crippen molar-refractivity contribution < 1.29 is 4.52 Å². The van der Waals surface area contributed by atoms with Crippen molar-refractivity contribution in [2.24, 2.45) is 0 Å². The van der Waals surface area contributed by atoms with Crippen LogP contribution in [0.5, 0.6) is 0 Å². The minimum absolute atomic E-state index is 0.180. The van der Waals surface area contributed by atoms with Gasteiger partial charge >= 0.3 is 0 Å². The SMILES string of the molecule is CCCNC(C)C(C)c1nc(-c2cnccc2C)no1. The van der Waals surface area contributed by atoms with Crippen LogP contribution < -0.4 is 5.32 Å². The Morgan fingerprint density at radius 3 is 2.85 bits per heavy atom. The summed E-state index contributed by atoms with van der Waals surface area (Å²) in [6.45, 7) is 9.40. The molecule has 0 spiro atoms. The normalized spacial score (nSPS) is 14.2. The van der Waals surface area contributed by atoms with E-state index in [-0.39, 0.29) is 5.92 Å². The highest BCUT2D eigenvalue weighted by Gasteiger charge is 2.21. The first-order chi connectivity index (χ1) is 9.63. The molecular formula is C15H22N4O. The molecule has 2 aromatic heterocycles. The number of aromatic nitrogens is 3. The number of nitrogens with one attached hydrogen (secondary N) is 1. The predicted molar refractivity (Wildman–Crippen MR) is 78.4 cm³/mol. The Morgan fingerprint density at radius 1 is 1.35 bits per heavy atom. The summed E-state index contributed by atoms with van der Waals surface area (Å²) in [7, 11) is 0. The number of aryl methyl sites for hydroxylation is 1. The number of hydrogen-bond donors (Lipinski definition) is 1. The topological polar surface area (TPSA) is 63.8 Å². The summed E-state index contributed by atoms with van der Waals surface area (Å²) >= 11 is 0. The monoisotopic (exact) mass is 274 g/mol. The lowest BCUT2D eigenvalue weighted by Gasteiger charge is -2.17. The third-order valence-electron chi connectivity index (χ3n) is 3.58. The zero-order valence-electron chi connectivity index (χ0n) is 12.6. The summed E-state index contributed by atoms with van der Waals surface area (Å²) in [4.78, 5) is 8.63. The first-order valence-corrected chi connectivity index (χ1v) is 7.11. The lowest BCUT2D eigenvalue weighted by atomic mass is 10.0. The van der Waals surface area contributed by atoms with Gasteiger partial charge in [0.25, 0.3) is 0 Å². The summed E-state index contributed by atoms with van der Waals surface area (Å²) in [5.41, 5.74) is 2.01. The zero-order valence-corrected chi connectivity index (χ0v) is 12.6. The molecule has 0 aliphatic carbocycles. The minimum Gasteiger partial charge on any atom is -0.339 e. The first-order valence-electron chi connectivity index (χ1n) is 7.11. The summed E-state index contributed by atoms with van der Waals surface area (Å²) < 4.78 is 5.41. The summed E-state index contributed by atoms with van der Waals surface area (Å²) in [5, 5.41) is 7.53. The van der Waals surface area contributed by atoms with Gasteiger partial charge < -0.3 is 9.84 Å². The second kappa shape index (κ2) is 6.61. The van der Waals surface area contributed by atoms with Crippen molar-refractivity contribution >= 4 is 0 Å². The molecule has 108 valence electrons. The average molecular weight is 274 g/mol. The Kier molecular flexibility index (Phi) is 4.84. The van der Waals surface area contributed by atoms with Crippen LogP contribution in [0.25, 0.3) is 11.4 Å². The van der Waals surface area contributed by atoms with Gasteiger partial charge in [-0.15, -0.1) is 0 Å². The Bertz CT molecular complexity index is 552. The minimum atomic E-state index is 0.180. The lowest BCUT2D eigenvalue weighted by Crippen LogP contribution is -2.31. The molecule has 0 amide bonds. The fraction of sp³-hybridized carbons (Fsp3) is 0.533. The van der Waals surface area contributed by atoms with Crippen molar-refractivity contribution in [1.29, 1.82) is 0 Å². The Labute approximate surface area is 119 Å². The van der Waals surface area contributed by atoms with Crippen LogP contribution in [0.1, 0.15) is 44.6 Å². The maximum absolute atomic E-state index is 5.41. The summed E-state index contributed by atoms with van der Waals surface area (Å²) in [5.74, 6) is 1.46. The van der Waals surface area contributed by atoms with E-state index in [1.54, 1.807) is 12.4 Å². The molecule has 1 N–H and O–H groups in total. The molecule has 2 heterocycles. The molecule has 2 atom stereocenters. The van der Waals surface area contributed by atoms with Gasteiger partial charge in [-0.3, -0.25) is 4.98 Å². The quantitative estimate of drug-likeness (QED) is 0.877. The highest BCUT2D eigenvalue weighted by atomic mass is 16.5. The number of rotatable bonds is 6. The van der Waals surface area contributed by atoms with E-state index in [1.165, 1.54) is 0 Å². The molecule has 5 heteroatoms. The van der Waals surface area contributed by atoms with Gasteiger partial charge in [-0.05, 0) is 38.4 Å². The van der Waals surface area contributed by atoms with Crippen LogP contribution in [0.2, 0.25) is 0 Å². The standard InChI is InChI=1S/C15H22N4O/c1-5-7-17-12(4)11(3)15-18-14(19-20-15)13-9-16-8-6-10(13)2/h6,8-9,11-12,17H,5,7H2,1-4H3. The van der Waals surface area contributed by atoms with Gasteiger partial charge in [0, 0.05) is 24.0 Å². The maximum Gasteiger partial charge on any atom is 0.231 e. The van der Waals surface area contributed by atoms with Crippen LogP contribution >= 0.6 is 0 Å². The fourth-order valence-electron chi connectivity index (χ4n) is 1.99. The third kappa shape index (κ3) is 3.22. The number of hydrogen-bond acceptors (Lipinski definition) is 5. The first kappa shape index (κ1) is 14.7. The predicted octanol–water partition coefficient (Wildman–Crippen LogP) is 2.93. The molecule has 0 radical (unpaired) electrons. The number of nitrogens with zero attached hydrogens (tertiary/aromatic N) is 3. The largest absolute Gasteiger partial charge is 0.339 e. The van der Waals surface area contributed by atoms with Gasteiger partial charge in [-0.25, -0.2) is 0 Å². The van der Waals surface area contributed by atoms with Crippen LogP contribution in [-0.2, 0) is 0 Å². The highest BCUT2D eigenvalue weighted by molar-refractivity contribution is 5.57. The van der Waals surface area contributed by atoms with Crippen molar-refractivity contribution in [2.45, 2.75) is 46.1 Å². The smallest absolute Gasteiger partial charge is 0.231 e. The molecule has 0 aromatic carbocycles. The van der Waals surface area contributed by atoms with E-state index in [1.807, 2.05) is 13.0 Å². The molecule has 2 rings (SSSR count). The van der Waals surface area contributed by atoms with Crippen LogP contribution in [0, 0.1) is 6.92 Å². The Balaban J connectivity index is 2.15. The van der Waals surface area contributed by atoms with Gasteiger partial charge in [0.1, 0.15) is 0 Å². The van der Waals surface area contributed by atoms with Gasteiger partial charge in [0.2, 0.25) is 11.7 Å². The highest BCUT2D eigenvalue weighted by Crippen LogP contribution is 2.23. The lowest BCUT2D eigenvalue weighted by molar-refractivity contribution is 0.331. The van der Waals surface area contributed by atoms with Gasteiger partial charge in [0.05, 0.1) is 5.92 Å². The zero-order chi connectivity index (χ0) is 14.5. The van der Waals surface area contributed by atoms with E-state index in [0.29, 0.717) is 17.8 Å². The van der Waals surface area contributed by atoms with Crippen LogP contribution in [0.4, 0.5) is 0 Å². The molecular weight excluding hydrogens is 252 g/mol. The van der Waals surface area contributed by atoms with E-state index < -0.39 is 0 Å². The molecule has 0 saturated heterocycles. The summed E-state index contributed by atoms with van der Waals surface area (Å²) in [6.07, 6.45) is 4.65. The molecule has 2 unspecified atom stereocenters. The number of pyridine rings is 1. The van der Waals surface area contributed by atoms with Crippen molar-refractivity contribution in [1.82, 2.24) is 20.4 Å². The summed E-state index contributed by atoms with van der Waals surface area (Å²) in [6, 6.07) is 2.25. The van der Waals surface area contributed by atoms with Crippen LogP contribution in [-0.4, -0.2) is 27.7 Å². The van der Waals surface area contributed by atoms with Crippen LogP contribution in [0.15, 0.2) is 23.0 Å². The fourth-order valence-corrected chi connectivity index (χ4v) is 1.99. The molecule has 0 bridgehead atoms. The van der Waals surface area contributed by atoms with E-state index in [0.717, 1.165) is 24.1 Å². The third-order valence-corrected chi connectivity index (χ3v) is 3.58. The molecule has 0 saturated carbocycles. The molecule has 0 aliphatic rings. The van der Waals surface area contributed by atoms with Crippen molar-refractivity contribution in [2.75, 3.05) is 6.54 Å². The van der Waals surface area contributed by atoms with Crippen molar-refractivity contribution in [3.8, 4) is 11.4 Å². The Hall–Kier alpha value is -1.75. The maximum atomic E-state index is 5.41. The molecule has 5 nitrogen and oxygen atoms in total. The van der Waals surface area contributed by atoms with E-state index in [2.05, 4.69) is 41.2 Å².